The molecule has 0 bridgehead atoms. The van der Waals surface area contributed by atoms with Gasteiger partial charge in [-0.15, -0.1) is 0 Å². The van der Waals surface area contributed by atoms with Gasteiger partial charge < -0.3 is 10.7 Å². The van der Waals surface area contributed by atoms with Crippen molar-refractivity contribution in [3.8, 4) is 0 Å². The van der Waals surface area contributed by atoms with E-state index in [0.717, 1.165) is 4.47 Å². The first-order chi connectivity index (χ1) is 5.24. The fourth-order valence-corrected chi connectivity index (χ4v) is 0.925. The number of halogens is 1. The minimum atomic E-state index is -0.613. The topological polar surface area (TPSA) is 52.2 Å². The zero-order chi connectivity index (χ0) is 8.27. The van der Waals surface area contributed by atoms with Crippen LogP contribution in [0.1, 0.15) is 10.4 Å². The molecule has 58 valence electrons. The van der Waals surface area contributed by atoms with E-state index in [0.29, 0.717) is 5.56 Å². The van der Waals surface area contributed by atoms with E-state index in [1.54, 1.807) is 24.3 Å². The lowest BCUT2D eigenvalue weighted by Gasteiger charge is -2.06. The average molecular weight is 215 g/mol. The van der Waals surface area contributed by atoms with Gasteiger partial charge in [-0.05, 0) is 24.3 Å². The highest BCUT2D eigenvalue weighted by molar-refractivity contribution is 9.10. The third-order valence-corrected chi connectivity index (χ3v) is 1.73. The molecule has 0 fully saturated rings. The lowest BCUT2D eigenvalue weighted by molar-refractivity contribution is 0.0970. The summed E-state index contributed by atoms with van der Waals surface area (Å²) in [6.07, 6.45) is 0. The summed E-state index contributed by atoms with van der Waals surface area (Å²) in [5, 5.41) is 9.90. The van der Waals surface area contributed by atoms with Gasteiger partial charge in [-0.3, -0.25) is 4.79 Å². The van der Waals surface area contributed by atoms with E-state index >= 15 is 0 Å². The number of hydroxylamine groups is 1. The molecule has 0 unspecified atom stereocenters. The van der Waals surface area contributed by atoms with E-state index in [9.17, 15) is 10.0 Å². The third-order valence-electron chi connectivity index (χ3n) is 1.20. The van der Waals surface area contributed by atoms with Crippen LogP contribution in [0.4, 0.5) is 0 Å². The number of carbonyl (C=O) groups excluding carboxylic acids is 1. The van der Waals surface area contributed by atoms with E-state index in [2.05, 4.69) is 15.9 Å². The maximum absolute atomic E-state index is 10.7. The molecule has 0 radical (unpaired) electrons. The Morgan fingerprint density at radius 1 is 1.36 bits per heavy atom. The van der Waals surface area contributed by atoms with Crippen molar-refractivity contribution in [1.29, 1.82) is 0 Å². The molecule has 0 atom stereocenters. The van der Waals surface area contributed by atoms with Crippen molar-refractivity contribution in [3.05, 3.63) is 39.5 Å². The molecule has 0 spiro atoms. The summed E-state index contributed by atoms with van der Waals surface area (Å²) >= 11 is 3.21. The highest BCUT2D eigenvalue weighted by atomic mass is 79.9. The monoisotopic (exact) mass is 214 g/mol. The molecule has 0 aliphatic heterocycles. The maximum Gasteiger partial charge on any atom is 0.240 e. The van der Waals surface area contributed by atoms with Crippen LogP contribution in [0.25, 0.3) is 0 Å². The molecule has 1 aromatic rings. The number of carbonyl (C=O) groups is 1. The predicted molar refractivity (Wildman–Crippen MR) is 45.0 cm³/mol. The Hall–Kier alpha value is -0.870. The van der Waals surface area contributed by atoms with Crippen molar-refractivity contribution in [1.82, 2.24) is 5.48 Å². The fourth-order valence-electron chi connectivity index (χ4n) is 0.660. The number of amides is 1. The van der Waals surface area contributed by atoms with Crippen molar-refractivity contribution >= 4 is 21.8 Å². The minimum absolute atomic E-state index is 0.364. The van der Waals surface area contributed by atoms with Gasteiger partial charge in [-0.1, -0.05) is 15.9 Å². The molecule has 1 N–H and O–H groups in total. The first-order valence-corrected chi connectivity index (χ1v) is 3.71. The van der Waals surface area contributed by atoms with Crippen LogP contribution in [0.2, 0.25) is 0 Å². The van der Waals surface area contributed by atoms with Crippen molar-refractivity contribution in [3.63, 3.8) is 0 Å². The molecule has 4 heteroatoms. The van der Waals surface area contributed by atoms with Gasteiger partial charge in [-0.2, -0.15) is 0 Å². The van der Waals surface area contributed by atoms with Crippen molar-refractivity contribution < 1.29 is 4.79 Å². The average Bonchev–Trinajstić information content (AvgIpc) is 2.05. The van der Waals surface area contributed by atoms with Gasteiger partial charge in [0.1, 0.15) is 0 Å². The second-order valence-corrected chi connectivity index (χ2v) is 2.85. The standard InChI is InChI=1S/C7H5BrNO2/c8-6-3-1-5(2-4-6)7(10)9-11/h1-4H,(H-,9,10,11)/q-1. The van der Waals surface area contributed by atoms with E-state index < -0.39 is 5.91 Å². The molecule has 1 amide bonds. The van der Waals surface area contributed by atoms with Crippen LogP contribution in [0.3, 0.4) is 0 Å². The Morgan fingerprint density at radius 3 is 2.36 bits per heavy atom. The van der Waals surface area contributed by atoms with Crippen LogP contribution in [0, 0.1) is 5.21 Å². The van der Waals surface area contributed by atoms with E-state index in [4.69, 9.17) is 0 Å². The Labute approximate surface area is 72.1 Å². The highest BCUT2D eigenvalue weighted by Gasteiger charge is 1.98. The molecule has 0 aliphatic carbocycles. The van der Waals surface area contributed by atoms with Crippen molar-refractivity contribution in [2.45, 2.75) is 0 Å². The number of benzene rings is 1. The summed E-state index contributed by atoms with van der Waals surface area (Å²) in [5.41, 5.74) is 1.66. The lowest BCUT2D eigenvalue weighted by atomic mass is 10.2. The summed E-state index contributed by atoms with van der Waals surface area (Å²) in [5.74, 6) is -0.613. The van der Waals surface area contributed by atoms with Crippen LogP contribution >= 0.6 is 15.9 Å². The smallest absolute Gasteiger partial charge is 0.240 e. The summed E-state index contributed by atoms with van der Waals surface area (Å²) in [6.45, 7) is 0. The molecule has 3 nitrogen and oxygen atoms in total. The predicted octanol–water partition coefficient (Wildman–Crippen LogP) is 1.68. The summed E-state index contributed by atoms with van der Waals surface area (Å²) in [4.78, 5) is 10.7. The second-order valence-electron chi connectivity index (χ2n) is 1.94. The van der Waals surface area contributed by atoms with Gasteiger partial charge in [0.2, 0.25) is 5.91 Å². The van der Waals surface area contributed by atoms with E-state index in [1.165, 1.54) is 5.48 Å². The summed E-state index contributed by atoms with van der Waals surface area (Å²) < 4.78 is 0.875. The maximum atomic E-state index is 10.7. The normalized spacial score (nSPS) is 9.27. The minimum Gasteiger partial charge on any atom is -0.759 e. The van der Waals surface area contributed by atoms with Crippen LogP contribution in [0.5, 0.6) is 0 Å². The summed E-state index contributed by atoms with van der Waals surface area (Å²) in [7, 11) is 0. The van der Waals surface area contributed by atoms with Gasteiger partial charge in [0, 0.05) is 10.0 Å². The number of nitrogens with one attached hydrogen (secondary N) is 1. The Morgan fingerprint density at radius 2 is 1.91 bits per heavy atom. The molecular formula is C7H5BrNO2-. The molecule has 1 aromatic carbocycles. The van der Waals surface area contributed by atoms with E-state index in [-0.39, 0.29) is 0 Å². The molecular weight excluding hydrogens is 210 g/mol. The molecule has 0 aromatic heterocycles. The zero-order valence-corrected chi connectivity index (χ0v) is 7.09. The van der Waals surface area contributed by atoms with Gasteiger partial charge in [-0.25, -0.2) is 0 Å². The molecule has 0 saturated carbocycles. The second kappa shape index (κ2) is 3.50. The van der Waals surface area contributed by atoms with Crippen LogP contribution in [-0.2, 0) is 0 Å². The number of hydrogen-bond donors (Lipinski definition) is 1. The molecule has 1 rings (SSSR count). The van der Waals surface area contributed by atoms with Gasteiger partial charge in [0.15, 0.2) is 0 Å². The van der Waals surface area contributed by atoms with Gasteiger partial charge >= 0.3 is 0 Å². The molecule has 0 saturated heterocycles. The molecule has 0 heterocycles. The Bertz CT molecular complexity index is 258. The SMILES string of the molecule is O=C(N[O-])c1ccc(Br)cc1. The zero-order valence-electron chi connectivity index (χ0n) is 5.50. The number of hydrogen-bond acceptors (Lipinski definition) is 2. The van der Waals surface area contributed by atoms with Crippen molar-refractivity contribution in [2.75, 3.05) is 0 Å². The third kappa shape index (κ3) is 2.03. The van der Waals surface area contributed by atoms with Crippen LogP contribution in [0.15, 0.2) is 28.7 Å². The first kappa shape index (κ1) is 8.23. The highest BCUT2D eigenvalue weighted by Crippen LogP contribution is 2.09. The summed E-state index contributed by atoms with van der Waals surface area (Å²) in [6, 6.07) is 6.53. The van der Waals surface area contributed by atoms with E-state index in [1.807, 2.05) is 0 Å². The molecule has 11 heavy (non-hydrogen) atoms. The molecule has 0 aliphatic rings. The van der Waals surface area contributed by atoms with Crippen molar-refractivity contribution in [2.24, 2.45) is 0 Å². The largest absolute Gasteiger partial charge is 0.759 e. The lowest BCUT2D eigenvalue weighted by Crippen LogP contribution is -2.15. The quantitative estimate of drug-likeness (QED) is 0.724. The number of rotatable bonds is 1. The fraction of sp³-hybridized carbons (Fsp3) is 0. The Balaban J connectivity index is 2.90. The van der Waals surface area contributed by atoms with Crippen LogP contribution in [-0.4, -0.2) is 5.91 Å². The first-order valence-electron chi connectivity index (χ1n) is 2.92. The van der Waals surface area contributed by atoms with Gasteiger partial charge in [0.05, 0.1) is 0 Å². The van der Waals surface area contributed by atoms with Gasteiger partial charge in [0.25, 0.3) is 0 Å². The van der Waals surface area contributed by atoms with Crippen LogP contribution < -0.4 is 5.48 Å². The Kier molecular flexibility index (Phi) is 2.62.